The van der Waals surface area contributed by atoms with Gasteiger partial charge in [0.25, 0.3) is 0 Å². The molecule has 2 rings (SSSR count). The molecule has 9 heteroatoms. The van der Waals surface area contributed by atoms with Gasteiger partial charge in [0.1, 0.15) is 6.54 Å². The van der Waals surface area contributed by atoms with Crippen LogP contribution in [0.25, 0.3) is 0 Å². The predicted octanol–water partition coefficient (Wildman–Crippen LogP) is 3.63. The molecule has 1 aliphatic rings. The van der Waals surface area contributed by atoms with Crippen LogP contribution in [0.2, 0.25) is 5.02 Å². The number of likely N-dealkylation sites (N-methyl/N-ethyl adjacent to an activating group) is 1. The molecule has 0 aliphatic carbocycles. The van der Waals surface area contributed by atoms with Crippen LogP contribution in [0.1, 0.15) is 25.7 Å². The van der Waals surface area contributed by atoms with E-state index in [1.807, 2.05) is 24.3 Å². The summed E-state index contributed by atoms with van der Waals surface area (Å²) in [6.45, 7) is 2.52. The molecule has 164 valence electrons. The molecule has 0 radical (unpaired) electrons. The Bertz CT molecular complexity index is 625. The number of hydrogen-bond donors (Lipinski definition) is 2. The van der Waals surface area contributed by atoms with Crippen molar-refractivity contribution in [1.29, 1.82) is 0 Å². The van der Waals surface area contributed by atoms with E-state index in [-0.39, 0.29) is 36.4 Å². The lowest BCUT2D eigenvalue weighted by atomic mass is 10.1. The minimum absolute atomic E-state index is 0. The van der Waals surface area contributed by atoms with Crippen molar-refractivity contribution < 1.29 is 9.53 Å². The fourth-order valence-electron chi connectivity index (χ4n) is 2.72. The second-order valence-corrected chi connectivity index (χ2v) is 8.49. The summed E-state index contributed by atoms with van der Waals surface area (Å²) in [4.78, 5) is 19.0. The van der Waals surface area contributed by atoms with Crippen LogP contribution in [0.3, 0.4) is 0 Å². The molecule has 1 fully saturated rings. The molecule has 1 saturated heterocycles. The number of carbonyl (C=O) groups is 1. The van der Waals surface area contributed by atoms with Crippen molar-refractivity contribution in [3.8, 4) is 0 Å². The minimum Gasteiger partial charge on any atom is -0.378 e. The Morgan fingerprint density at radius 1 is 1.24 bits per heavy atom. The molecule has 1 heterocycles. The number of carbonyl (C=O) groups excluding carboxylic acids is 1. The van der Waals surface area contributed by atoms with E-state index >= 15 is 0 Å². The number of guanidine groups is 1. The molecule has 0 aromatic heterocycles. The van der Waals surface area contributed by atoms with Crippen LogP contribution < -0.4 is 10.6 Å². The first kappa shape index (κ1) is 26.3. The van der Waals surface area contributed by atoms with E-state index in [1.165, 1.54) is 11.3 Å². The first-order valence-corrected chi connectivity index (χ1v) is 11.1. The highest BCUT2D eigenvalue weighted by atomic mass is 127. The highest BCUT2D eigenvalue weighted by molar-refractivity contribution is 14.0. The molecule has 2 N–H and O–H groups in total. The molecule has 1 amide bonds. The molecule has 1 atom stereocenters. The number of ether oxygens (including phenoxy) is 1. The molecule has 1 unspecified atom stereocenters. The maximum Gasteiger partial charge on any atom is 0.243 e. The fourth-order valence-corrected chi connectivity index (χ4v) is 3.61. The topological polar surface area (TPSA) is 66.0 Å². The second-order valence-electron chi connectivity index (χ2n) is 6.89. The highest BCUT2D eigenvalue weighted by Crippen LogP contribution is 2.19. The molecule has 0 saturated carbocycles. The third-order valence-electron chi connectivity index (χ3n) is 4.38. The lowest BCUT2D eigenvalue weighted by Crippen LogP contribution is -2.41. The zero-order chi connectivity index (χ0) is 20.2. The molecule has 0 bridgehead atoms. The molecule has 1 aromatic carbocycles. The van der Waals surface area contributed by atoms with Crippen molar-refractivity contribution in [1.82, 2.24) is 15.5 Å². The Balaban J connectivity index is 0.00000420. The normalized spacial score (nSPS) is 16.7. The van der Waals surface area contributed by atoms with Gasteiger partial charge in [-0.05, 0) is 49.9 Å². The largest absolute Gasteiger partial charge is 0.378 e. The summed E-state index contributed by atoms with van der Waals surface area (Å²) in [6, 6.07) is 7.82. The quantitative estimate of drug-likeness (QED) is 0.160. The van der Waals surface area contributed by atoms with Crippen LogP contribution in [-0.2, 0) is 9.53 Å². The van der Waals surface area contributed by atoms with Gasteiger partial charge in [0.05, 0.1) is 6.10 Å². The Kier molecular flexibility index (Phi) is 13.7. The average Bonchev–Trinajstić information content (AvgIpc) is 2.70. The van der Waals surface area contributed by atoms with E-state index in [0.717, 1.165) is 49.7 Å². The Hall–Kier alpha value is -0.710. The van der Waals surface area contributed by atoms with Crippen molar-refractivity contribution in [2.45, 2.75) is 36.7 Å². The van der Waals surface area contributed by atoms with Crippen LogP contribution in [0.4, 0.5) is 0 Å². The summed E-state index contributed by atoms with van der Waals surface area (Å²) in [6.07, 6.45) is 4.80. The van der Waals surface area contributed by atoms with Gasteiger partial charge in [0.2, 0.25) is 5.91 Å². The number of benzene rings is 1. The molecular weight excluding hydrogens is 523 g/mol. The molecule has 1 aromatic rings. The van der Waals surface area contributed by atoms with Crippen molar-refractivity contribution in [3.05, 3.63) is 29.3 Å². The molecule has 6 nitrogen and oxygen atoms in total. The van der Waals surface area contributed by atoms with E-state index in [9.17, 15) is 4.79 Å². The van der Waals surface area contributed by atoms with E-state index < -0.39 is 0 Å². The van der Waals surface area contributed by atoms with Gasteiger partial charge in [-0.25, -0.2) is 4.99 Å². The number of hydrogen-bond acceptors (Lipinski definition) is 4. The van der Waals surface area contributed by atoms with Crippen LogP contribution in [0.5, 0.6) is 0 Å². The van der Waals surface area contributed by atoms with Gasteiger partial charge < -0.3 is 20.3 Å². The zero-order valence-electron chi connectivity index (χ0n) is 17.2. The summed E-state index contributed by atoms with van der Waals surface area (Å²) < 4.78 is 5.77. The van der Waals surface area contributed by atoms with Gasteiger partial charge in [-0.1, -0.05) is 11.6 Å². The van der Waals surface area contributed by atoms with E-state index in [0.29, 0.717) is 12.1 Å². The van der Waals surface area contributed by atoms with Crippen molar-refractivity contribution in [3.63, 3.8) is 0 Å². The number of halogens is 2. The maximum absolute atomic E-state index is 11.8. The van der Waals surface area contributed by atoms with Crippen molar-refractivity contribution >= 4 is 59.2 Å². The summed E-state index contributed by atoms with van der Waals surface area (Å²) in [7, 11) is 3.48. The smallest absolute Gasteiger partial charge is 0.243 e. The number of thioether (sulfide) groups is 1. The SMILES string of the molecule is CN(C)C(=O)CN=C(NCCSc1ccc(Cl)cc1)NCCC1CCCCO1.I. The second kappa shape index (κ2) is 15.1. The van der Waals surface area contributed by atoms with Crippen molar-refractivity contribution in [2.75, 3.05) is 46.1 Å². The standard InChI is InChI=1S/C20H31ClN4O2S.HI/c1-25(2)19(26)15-24-20(22-11-10-17-5-3-4-13-27-17)23-12-14-28-18-8-6-16(21)7-9-18;/h6-9,17H,3-5,10-15H2,1-2H3,(H2,22,23,24);1H. The third-order valence-corrected chi connectivity index (χ3v) is 5.65. The van der Waals surface area contributed by atoms with Crippen LogP contribution in [0, 0.1) is 0 Å². The number of rotatable bonds is 9. The van der Waals surface area contributed by atoms with Gasteiger partial charge in [-0.2, -0.15) is 0 Å². The van der Waals surface area contributed by atoms with E-state index in [2.05, 4.69) is 15.6 Å². The van der Waals surface area contributed by atoms with Crippen LogP contribution >= 0.6 is 47.3 Å². The lowest BCUT2D eigenvalue weighted by Gasteiger charge is -2.23. The Morgan fingerprint density at radius 2 is 1.97 bits per heavy atom. The Labute approximate surface area is 200 Å². The molecule has 29 heavy (non-hydrogen) atoms. The minimum atomic E-state index is -0.0211. The zero-order valence-corrected chi connectivity index (χ0v) is 21.1. The van der Waals surface area contributed by atoms with Gasteiger partial charge in [0.15, 0.2) is 5.96 Å². The van der Waals surface area contributed by atoms with Gasteiger partial charge in [-0.15, -0.1) is 35.7 Å². The van der Waals surface area contributed by atoms with Gasteiger partial charge in [-0.3, -0.25) is 4.79 Å². The number of amides is 1. The van der Waals surface area contributed by atoms with Crippen molar-refractivity contribution in [2.24, 2.45) is 4.99 Å². The van der Waals surface area contributed by atoms with Gasteiger partial charge in [0, 0.05) is 49.5 Å². The van der Waals surface area contributed by atoms with Crippen LogP contribution in [-0.4, -0.2) is 69.0 Å². The Morgan fingerprint density at radius 3 is 2.62 bits per heavy atom. The number of nitrogens with zero attached hydrogens (tertiary/aromatic N) is 2. The van der Waals surface area contributed by atoms with Crippen LogP contribution in [0.15, 0.2) is 34.2 Å². The summed E-state index contributed by atoms with van der Waals surface area (Å²) >= 11 is 7.66. The first-order chi connectivity index (χ1) is 13.5. The van der Waals surface area contributed by atoms with E-state index in [1.54, 1.807) is 30.8 Å². The highest BCUT2D eigenvalue weighted by Gasteiger charge is 2.13. The summed E-state index contributed by atoms with van der Waals surface area (Å²) in [5.74, 6) is 1.53. The third kappa shape index (κ3) is 11.3. The lowest BCUT2D eigenvalue weighted by molar-refractivity contribution is -0.127. The predicted molar refractivity (Wildman–Crippen MR) is 133 cm³/mol. The number of nitrogens with one attached hydrogen (secondary N) is 2. The monoisotopic (exact) mass is 554 g/mol. The molecule has 0 spiro atoms. The fraction of sp³-hybridized carbons (Fsp3) is 0.600. The van der Waals surface area contributed by atoms with E-state index in [4.69, 9.17) is 16.3 Å². The average molecular weight is 555 g/mol. The van der Waals surface area contributed by atoms with Gasteiger partial charge >= 0.3 is 0 Å². The first-order valence-electron chi connectivity index (χ1n) is 9.77. The number of aliphatic imine (C=N–C) groups is 1. The summed E-state index contributed by atoms with van der Waals surface area (Å²) in [5, 5.41) is 7.39. The maximum atomic E-state index is 11.8. The molecular formula is C20H32ClIN4O2S. The molecule has 1 aliphatic heterocycles. The summed E-state index contributed by atoms with van der Waals surface area (Å²) in [5.41, 5.74) is 0.